The van der Waals surface area contributed by atoms with Crippen LogP contribution in [0.5, 0.6) is 0 Å². The fraction of sp³-hybridized carbons (Fsp3) is 0.353. The van der Waals surface area contributed by atoms with Gasteiger partial charge in [0.25, 0.3) is 0 Å². The minimum absolute atomic E-state index is 0.0171. The number of nitrogens with zero attached hydrogens (tertiary/aromatic N) is 1. The van der Waals surface area contributed by atoms with Crippen molar-refractivity contribution >= 4 is 23.2 Å². The summed E-state index contributed by atoms with van der Waals surface area (Å²) in [7, 11) is 0. The lowest BCUT2D eigenvalue weighted by molar-refractivity contribution is 0.615. The first-order valence-corrected chi connectivity index (χ1v) is 8.04. The lowest BCUT2D eigenvalue weighted by Gasteiger charge is -2.20. The zero-order chi connectivity index (χ0) is 15.2. The number of rotatable bonds is 6. The van der Waals surface area contributed by atoms with Gasteiger partial charge in [0.15, 0.2) is 0 Å². The van der Waals surface area contributed by atoms with Crippen molar-refractivity contribution in [3.63, 3.8) is 0 Å². The standard InChI is InChI=1S/C17H20Cl2N2/c1-3-6-12-7-5-8-13(9-12)16(20-4-2)17-15(19)10-14(18)11-21-17/h5,7-11,16,20H,3-4,6H2,1-2H3. The summed E-state index contributed by atoms with van der Waals surface area (Å²) >= 11 is 12.3. The molecule has 0 radical (unpaired) electrons. The first-order valence-electron chi connectivity index (χ1n) is 7.28. The predicted molar refractivity (Wildman–Crippen MR) is 90.2 cm³/mol. The van der Waals surface area contributed by atoms with Crippen molar-refractivity contribution in [2.45, 2.75) is 32.7 Å². The summed E-state index contributed by atoms with van der Waals surface area (Å²) in [6.07, 6.45) is 3.85. The molecule has 1 N–H and O–H groups in total. The maximum atomic E-state index is 6.32. The van der Waals surface area contributed by atoms with Crippen LogP contribution in [0.3, 0.4) is 0 Å². The minimum atomic E-state index is -0.0171. The molecule has 1 atom stereocenters. The Bertz CT molecular complexity index is 599. The van der Waals surface area contributed by atoms with Crippen LogP contribution in [0, 0.1) is 0 Å². The van der Waals surface area contributed by atoms with Crippen molar-refractivity contribution in [2.24, 2.45) is 0 Å². The summed E-state index contributed by atoms with van der Waals surface area (Å²) in [4.78, 5) is 4.42. The van der Waals surface area contributed by atoms with E-state index in [0.29, 0.717) is 10.0 Å². The summed E-state index contributed by atoms with van der Waals surface area (Å²) < 4.78 is 0. The average molecular weight is 323 g/mol. The maximum Gasteiger partial charge on any atom is 0.0805 e. The van der Waals surface area contributed by atoms with Gasteiger partial charge in [0, 0.05) is 6.20 Å². The Morgan fingerprint density at radius 2 is 2.00 bits per heavy atom. The molecule has 1 aromatic carbocycles. The second-order valence-electron chi connectivity index (χ2n) is 5.01. The highest BCUT2D eigenvalue weighted by Crippen LogP contribution is 2.29. The number of aromatic nitrogens is 1. The third-order valence-electron chi connectivity index (χ3n) is 3.34. The van der Waals surface area contributed by atoms with E-state index in [1.54, 1.807) is 12.3 Å². The summed E-state index contributed by atoms with van der Waals surface area (Å²) in [6, 6.07) is 10.3. The summed E-state index contributed by atoms with van der Waals surface area (Å²) in [5, 5.41) is 4.60. The van der Waals surface area contributed by atoms with E-state index in [2.05, 4.69) is 48.4 Å². The third-order valence-corrected chi connectivity index (χ3v) is 3.85. The first kappa shape index (κ1) is 16.3. The summed E-state index contributed by atoms with van der Waals surface area (Å²) in [5.41, 5.74) is 3.33. The second-order valence-corrected chi connectivity index (χ2v) is 5.85. The molecule has 0 saturated heterocycles. The minimum Gasteiger partial charge on any atom is -0.305 e. The third kappa shape index (κ3) is 4.19. The van der Waals surface area contributed by atoms with Crippen LogP contribution in [-0.4, -0.2) is 11.5 Å². The molecule has 0 aliphatic carbocycles. The van der Waals surface area contributed by atoms with Crippen LogP contribution in [0.2, 0.25) is 10.0 Å². The van der Waals surface area contributed by atoms with Crippen molar-refractivity contribution in [3.8, 4) is 0 Å². The van der Waals surface area contributed by atoms with Crippen LogP contribution in [0.15, 0.2) is 36.5 Å². The fourth-order valence-electron chi connectivity index (χ4n) is 2.43. The van der Waals surface area contributed by atoms with Gasteiger partial charge >= 0.3 is 0 Å². The molecule has 0 bridgehead atoms. The normalized spacial score (nSPS) is 12.4. The molecule has 2 aromatic rings. The van der Waals surface area contributed by atoms with Gasteiger partial charge in [0.1, 0.15) is 0 Å². The molecule has 0 aliphatic rings. The van der Waals surface area contributed by atoms with Gasteiger partial charge in [-0.2, -0.15) is 0 Å². The van der Waals surface area contributed by atoms with Crippen LogP contribution in [0.4, 0.5) is 0 Å². The molecule has 1 aromatic heterocycles. The number of nitrogens with one attached hydrogen (secondary N) is 1. The number of hydrogen-bond acceptors (Lipinski definition) is 2. The molecule has 1 heterocycles. The first-order chi connectivity index (χ1) is 10.2. The van der Waals surface area contributed by atoms with E-state index in [-0.39, 0.29) is 6.04 Å². The van der Waals surface area contributed by atoms with Crippen molar-refractivity contribution < 1.29 is 0 Å². The molecule has 0 spiro atoms. The SMILES string of the molecule is CCCc1cccc(C(NCC)c2ncc(Cl)cc2Cl)c1. The molecule has 0 aliphatic heterocycles. The molecular formula is C17H20Cl2N2. The van der Waals surface area contributed by atoms with E-state index >= 15 is 0 Å². The van der Waals surface area contributed by atoms with Gasteiger partial charge < -0.3 is 5.32 Å². The van der Waals surface area contributed by atoms with Crippen LogP contribution in [-0.2, 0) is 6.42 Å². The van der Waals surface area contributed by atoms with E-state index < -0.39 is 0 Å². The monoisotopic (exact) mass is 322 g/mol. The van der Waals surface area contributed by atoms with Crippen molar-refractivity contribution in [3.05, 3.63) is 63.4 Å². The van der Waals surface area contributed by atoms with Gasteiger partial charge in [-0.15, -0.1) is 0 Å². The Morgan fingerprint density at radius 3 is 2.67 bits per heavy atom. The Morgan fingerprint density at radius 1 is 1.19 bits per heavy atom. The van der Waals surface area contributed by atoms with E-state index in [0.717, 1.165) is 25.1 Å². The van der Waals surface area contributed by atoms with Gasteiger partial charge in [-0.3, -0.25) is 4.98 Å². The topological polar surface area (TPSA) is 24.9 Å². The lowest BCUT2D eigenvalue weighted by Crippen LogP contribution is -2.23. The number of hydrogen-bond donors (Lipinski definition) is 1. The van der Waals surface area contributed by atoms with Crippen molar-refractivity contribution in [2.75, 3.05) is 6.54 Å². The fourth-order valence-corrected chi connectivity index (χ4v) is 2.92. The molecule has 0 amide bonds. The molecule has 2 nitrogen and oxygen atoms in total. The molecule has 2 rings (SSSR count). The molecule has 1 unspecified atom stereocenters. The highest BCUT2D eigenvalue weighted by atomic mass is 35.5. The molecule has 4 heteroatoms. The quantitative estimate of drug-likeness (QED) is 0.805. The molecule has 0 saturated carbocycles. The average Bonchev–Trinajstić information content (AvgIpc) is 2.46. The van der Waals surface area contributed by atoms with Crippen LogP contribution < -0.4 is 5.32 Å². The van der Waals surface area contributed by atoms with E-state index in [1.807, 2.05) is 0 Å². The number of aryl methyl sites for hydroxylation is 1. The van der Waals surface area contributed by atoms with Gasteiger partial charge in [-0.1, -0.05) is 67.7 Å². The Labute approximate surface area is 136 Å². The molecule has 0 fully saturated rings. The molecule has 112 valence electrons. The summed E-state index contributed by atoms with van der Waals surface area (Å²) in [5.74, 6) is 0. The van der Waals surface area contributed by atoms with Crippen LogP contribution in [0.1, 0.15) is 43.1 Å². The van der Waals surface area contributed by atoms with Crippen molar-refractivity contribution in [1.82, 2.24) is 10.3 Å². The highest BCUT2D eigenvalue weighted by molar-refractivity contribution is 6.34. The van der Waals surface area contributed by atoms with Crippen LogP contribution >= 0.6 is 23.2 Å². The van der Waals surface area contributed by atoms with Gasteiger partial charge in [-0.05, 0) is 30.2 Å². The summed E-state index contributed by atoms with van der Waals surface area (Å²) in [6.45, 7) is 5.10. The van der Waals surface area contributed by atoms with Crippen molar-refractivity contribution in [1.29, 1.82) is 0 Å². The smallest absolute Gasteiger partial charge is 0.0805 e. The highest BCUT2D eigenvalue weighted by Gasteiger charge is 2.18. The second kappa shape index (κ2) is 7.79. The molecular weight excluding hydrogens is 303 g/mol. The van der Waals surface area contributed by atoms with E-state index in [4.69, 9.17) is 23.2 Å². The number of halogens is 2. The zero-order valence-corrected chi connectivity index (χ0v) is 13.9. The predicted octanol–water partition coefficient (Wildman–Crippen LogP) is 5.04. The van der Waals surface area contributed by atoms with Gasteiger partial charge in [0.05, 0.1) is 21.8 Å². The Kier molecular flexibility index (Phi) is 6.04. The van der Waals surface area contributed by atoms with E-state index in [9.17, 15) is 0 Å². The Hall–Kier alpha value is -1.09. The maximum absolute atomic E-state index is 6.32. The molecule has 21 heavy (non-hydrogen) atoms. The number of benzene rings is 1. The largest absolute Gasteiger partial charge is 0.305 e. The van der Waals surface area contributed by atoms with Crippen LogP contribution in [0.25, 0.3) is 0 Å². The van der Waals surface area contributed by atoms with E-state index in [1.165, 1.54) is 11.1 Å². The number of pyridine rings is 1. The zero-order valence-electron chi connectivity index (χ0n) is 12.4. The Balaban J connectivity index is 2.40. The lowest BCUT2D eigenvalue weighted by atomic mass is 9.99. The van der Waals surface area contributed by atoms with Gasteiger partial charge in [-0.25, -0.2) is 0 Å². The van der Waals surface area contributed by atoms with Gasteiger partial charge in [0.2, 0.25) is 0 Å².